The first kappa shape index (κ1) is 13.6. The molecule has 1 nitrogen and oxygen atoms in total. The van der Waals surface area contributed by atoms with Crippen LogP contribution < -0.4 is 5.73 Å². The van der Waals surface area contributed by atoms with Gasteiger partial charge in [-0.05, 0) is 34.0 Å². The third kappa shape index (κ3) is 3.08. The highest BCUT2D eigenvalue weighted by molar-refractivity contribution is 9.10. The molecule has 0 fully saturated rings. The molecular weight excluding hydrogens is 268 g/mol. The SMILES string of the molecule is C=CC[C@@H](N)c1cccc(F)c1Br.Cl. The Kier molecular flexibility index (Phi) is 6.00. The van der Waals surface area contributed by atoms with E-state index in [-0.39, 0.29) is 24.3 Å². The average molecular weight is 281 g/mol. The normalized spacial score (nSPS) is 11.6. The molecule has 0 aromatic heterocycles. The van der Waals surface area contributed by atoms with Crippen LogP contribution >= 0.6 is 28.3 Å². The van der Waals surface area contributed by atoms with E-state index >= 15 is 0 Å². The van der Waals surface area contributed by atoms with Gasteiger partial charge in [0.25, 0.3) is 0 Å². The number of hydrogen-bond donors (Lipinski definition) is 1. The molecule has 0 heterocycles. The largest absolute Gasteiger partial charge is 0.324 e. The Morgan fingerprint density at radius 2 is 2.21 bits per heavy atom. The fourth-order valence-corrected chi connectivity index (χ4v) is 1.67. The fraction of sp³-hybridized carbons (Fsp3) is 0.200. The van der Waals surface area contributed by atoms with Gasteiger partial charge in [0.2, 0.25) is 0 Å². The van der Waals surface area contributed by atoms with Crippen LogP contribution in [0.3, 0.4) is 0 Å². The highest BCUT2D eigenvalue weighted by Gasteiger charge is 2.10. The van der Waals surface area contributed by atoms with E-state index in [2.05, 4.69) is 22.5 Å². The van der Waals surface area contributed by atoms with Crippen LogP contribution in [0, 0.1) is 5.82 Å². The molecule has 0 aliphatic rings. The van der Waals surface area contributed by atoms with Crippen molar-refractivity contribution in [3.8, 4) is 0 Å². The second-order valence-electron chi connectivity index (χ2n) is 2.77. The van der Waals surface area contributed by atoms with Crippen molar-refractivity contribution in [1.82, 2.24) is 0 Å². The van der Waals surface area contributed by atoms with E-state index in [0.717, 1.165) is 5.56 Å². The molecule has 0 aliphatic carbocycles. The molecule has 1 aromatic carbocycles. The third-order valence-corrected chi connectivity index (χ3v) is 2.64. The lowest BCUT2D eigenvalue weighted by molar-refractivity contribution is 0.611. The van der Waals surface area contributed by atoms with Crippen LogP contribution in [-0.4, -0.2) is 0 Å². The summed E-state index contributed by atoms with van der Waals surface area (Å²) in [4.78, 5) is 0. The first-order valence-electron chi connectivity index (χ1n) is 3.97. The minimum Gasteiger partial charge on any atom is -0.324 e. The molecule has 78 valence electrons. The van der Waals surface area contributed by atoms with Crippen molar-refractivity contribution in [1.29, 1.82) is 0 Å². The maximum atomic E-state index is 13.1. The molecule has 0 saturated heterocycles. The van der Waals surface area contributed by atoms with Gasteiger partial charge in [-0.1, -0.05) is 18.2 Å². The van der Waals surface area contributed by atoms with Gasteiger partial charge in [0.05, 0.1) is 4.47 Å². The van der Waals surface area contributed by atoms with Crippen molar-refractivity contribution in [2.45, 2.75) is 12.5 Å². The molecule has 0 unspecified atom stereocenters. The molecule has 1 atom stereocenters. The van der Waals surface area contributed by atoms with Crippen LogP contribution in [0.5, 0.6) is 0 Å². The number of hydrogen-bond acceptors (Lipinski definition) is 1. The van der Waals surface area contributed by atoms with Gasteiger partial charge in [0.15, 0.2) is 0 Å². The molecule has 0 radical (unpaired) electrons. The van der Waals surface area contributed by atoms with E-state index in [9.17, 15) is 4.39 Å². The predicted octanol–water partition coefficient (Wildman–Crippen LogP) is 3.59. The van der Waals surface area contributed by atoms with Gasteiger partial charge in [0, 0.05) is 6.04 Å². The van der Waals surface area contributed by atoms with Crippen molar-refractivity contribution in [3.05, 3.63) is 46.7 Å². The zero-order chi connectivity index (χ0) is 9.84. The number of nitrogens with two attached hydrogens (primary N) is 1. The smallest absolute Gasteiger partial charge is 0.137 e. The van der Waals surface area contributed by atoms with E-state index < -0.39 is 0 Å². The summed E-state index contributed by atoms with van der Waals surface area (Å²) >= 11 is 3.16. The van der Waals surface area contributed by atoms with Crippen LogP contribution in [-0.2, 0) is 0 Å². The predicted molar refractivity (Wildman–Crippen MR) is 63.1 cm³/mol. The Morgan fingerprint density at radius 3 is 2.79 bits per heavy atom. The van der Waals surface area contributed by atoms with Crippen molar-refractivity contribution < 1.29 is 4.39 Å². The molecule has 1 rings (SSSR count). The van der Waals surface area contributed by atoms with Crippen LogP contribution in [0.25, 0.3) is 0 Å². The van der Waals surface area contributed by atoms with E-state index in [1.807, 2.05) is 0 Å². The van der Waals surface area contributed by atoms with E-state index in [1.165, 1.54) is 6.07 Å². The topological polar surface area (TPSA) is 26.0 Å². The van der Waals surface area contributed by atoms with Gasteiger partial charge in [-0.2, -0.15) is 0 Å². The van der Waals surface area contributed by atoms with Crippen molar-refractivity contribution in [2.24, 2.45) is 5.73 Å². The lowest BCUT2D eigenvalue weighted by Gasteiger charge is -2.11. The molecule has 0 amide bonds. The quantitative estimate of drug-likeness (QED) is 0.841. The number of halogens is 3. The highest BCUT2D eigenvalue weighted by Crippen LogP contribution is 2.26. The Balaban J connectivity index is 0.00000169. The Morgan fingerprint density at radius 1 is 1.57 bits per heavy atom. The third-order valence-electron chi connectivity index (χ3n) is 1.80. The maximum absolute atomic E-state index is 13.1. The van der Waals surface area contributed by atoms with Gasteiger partial charge < -0.3 is 5.73 Å². The summed E-state index contributed by atoms with van der Waals surface area (Å²) in [7, 11) is 0. The molecular formula is C10H12BrClFN. The Hall–Kier alpha value is -0.380. The van der Waals surface area contributed by atoms with Crippen LogP contribution in [0.2, 0.25) is 0 Å². The van der Waals surface area contributed by atoms with Crippen LogP contribution in [0.15, 0.2) is 35.3 Å². The lowest BCUT2D eigenvalue weighted by Crippen LogP contribution is -2.10. The van der Waals surface area contributed by atoms with Crippen LogP contribution in [0.4, 0.5) is 4.39 Å². The van der Waals surface area contributed by atoms with Crippen molar-refractivity contribution in [3.63, 3.8) is 0 Å². The molecule has 4 heteroatoms. The summed E-state index contributed by atoms with van der Waals surface area (Å²) in [5.74, 6) is -0.281. The van der Waals surface area contributed by atoms with Gasteiger partial charge in [-0.25, -0.2) is 4.39 Å². The molecule has 0 spiro atoms. The molecule has 0 saturated carbocycles. The van der Waals surface area contributed by atoms with E-state index in [4.69, 9.17) is 5.73 Å². The second-order valence-corrected chi connectivity index (χ2v) is 3.57. The molecule has 1 aromatic rings. The summed E-state index contributed by atoms with van der Waals surface area (Å²) < 4.78 is 13.5. The van der Waals surface area contributed by atoms with Crippen molar-refractivity contribution >= 4 is 28.3 Å². The van der Waals surface area contributed by atoms with Gasteiger partial charge in [0.1, 0.15) is 5.82 Å². The summed E-state index contributed by atoms with van der Waals surface area (Å²) in [6.07, 6.45) is 2.37. The monoisotopic (exact) mass is 279 g/mol. The first-order chi connectivity index (χ1) is 6.16. The summed E-state index contributed by atoms with van der Waals surface area (Å²) in [6, 6.07) is 4.66. The summed E-state index contributed by atoms with van der Waals surface area (Å²) in [5, 5.41) is 0. The second kappa shape index (κ2) is 6.17. The highest BCUT2D eigenvalue weighted by atomic mass is 79.9. The van der Waals surface area contributed by atoms with Crippen molar-refractivity contribution in [2.75, 3.05) is 0 Å². The van der Waals surface area contributed by atoms with E-state index in [1.54, 1.807) is 18.2 Å². The molecule has 2 N–H and O–H groups in total. The maximum Gasteiger partial charge on any atom is 0.137 e. The molecule has 0 bridgehead atoms. The zero-order valence-electron chi connectivity index (χ0n) is 7.54. The summed E-state index contributed by atoms with van der Waals surface area (Å²) in [6.45, 7) is 3.59. The van der Waals surface area contributed by atoms with Gasteiger partial charge in [-0.15, -0.1) is 19.0 Å². The van der Waals surface area contributed by atoms with Crippen LogP contribution in [0.1, 0.15) is 18.0 Å². The first-order valence-corrected chi connectivity index (χ1v) is 4.76. The standard InChI is InChI=1S/C10H11BrFN.ClH/c1-2-4-9(13)7-5-3-6-8(12)10(7)11;/h2-3,5-6,9H,1,4,13H2;1H/t9-;/m1./s1. The fourth-order valence-electron chi connectivity index (χ4n) is 1.11. The molecule has 0 aliphatic heterocycles. The van der Waals surface area contributed by atoms with E-state index in [0.29, 0.717) is 10.9 Å². The molecule has 14 heavy (non-hydrogen) atoms. The minimum absolute atomic E-state index is 0. The Labute approximate surface area is 97.7 Å². The minimum atomic E-state index is -0.281. The average Bonchev–Trinajstić information content (AvgIpc) is 2.10. The lowest BCUT2D eigenvalue weighted by atomic mass is 10.0. The number of rotatable bonds is 3. The zero-order valence-corrected chi connectivity index (χ0v) is 9.94. The summed E-state index contributed by atoms with van der Waals surface area (Å²) in [5.41, 5.74) is 6.58. The van der Waals surface area contributed by atoms with Gasteiger partial charge >= 0.3 is 0 Å². The Bertz CT molecular complexity index is 317. The van der Waals surface area contributed by atoms with Gasteiger partial charge in [-0.3, -0.25) is 0 Å². The number of benzene rings is 1.